The van der Waals surface area contributed by atoms with E-state index in [0.29, 0.717) is 42.6 Å². The van der Waals surface area contributed by atoms with E-state index in [1.165, 1.54) is 4.90 Å². The molecule has 0 radical (unpaired) electrons. The van der Waals surface area contributed by atoms with Gasteiger partial charge in [0.05, 0.1) is 17.9 Å². The number of hydrogen-bond donors (Lipinski definition) is 2. The van der Waals surface area contributed by atoms with Crippen LogP contribution in [0.4, 0.5) is 0 Å². The molecule has 4 atom stereocenters. The van der Waals surface area contributed by atoms with Crippen LogP contribution in [0.2, 0.25) is 0 Å². The number of fused-ring (bicyclic) bond motifs is 3. The summed E-state index contributed by atoms with van der Waals surface area (Å²) in [5.41, 5.74) is 2.01. The summed E-state index contributed by atoms with van der Waals surface area (Å²) in [7, 11) is -1.25. The molecule has 3 aliphatic rings. The summed E-state index contributed by atoms with van der Waals surface area (Å²) in [6.45, 7) is 2.54. The first-order chi connectivity index (χ1) is 16.5. The van der Waals surface area contributed by atoms with Gasteiger partial charge < -0.3 is 19.5 Å². The molecule has 5 rings (SSSR count). The standard InChI is InChI=1S/C26H28BNO6/c1-2-12-28-25(30)20-13-16(15-33-17-8-4-3-5-9-17)24-19(23(20)26(28)31)14-22(34-27(24)32)18-10-6-7-11-21(18)29/h3-11,19-20,22-23,29,32H,2,12-15H2,1H3/t19-,20-,22-,23+/m0/s1. The molecule has 8 heteroatoms. The van der Waals surface area contributed by atoms with Crippen LogP contribution < -0.4 is 4.74 Å². The Kier molecular flexibility index (Phi) is 6.19. The van der Waals surface area contributed by atoms with E-state index in [9.17, 15) is 19.7 Å². The number of aromatic hydroxyl groups is 1. The lowest BCUT2D eigenvalue weighted by atomic mass is 9.55. The number of nitrogens with zero attached hydrogens (tertiary/aromatic N) is 1. The number of rotatable bonds is 6. The third-order valence-corrected chi connectivity index (χ3v) is 7.19. The van der Waals surface area contributed by atoms with Gasteiger partial charge in [-0.15, -0.1) is 0 Å². The van der Waals surface area contributed by atoms with Crippen molar-refractivity contribution in [2.24, 2.45) is 17.8 Å². The number of hydrogen-bond acceptors (Lipinski definition) is 6. The molecule has 0 spiro atoms. The van der Waals surface area contributed by atoms with Crippen LogP contribution in [-0.4, -0.2) is 47.1 Å². The zero-order valence-electron chi connectivity index (χ0n) is 19.1. The summed E-state index contributed by atoms with van der Waals surface area (Å²) in [5, 5.41) is 21.5. The highest BCUT2D eigenvalue weighted by molar-refractivity contribution is 6.53. The van der Waals surface area contributed by atoms with Gasteiger partial charge in [-0.1, -0.05) is 43.3 Å². The molecular weight excluding hydrogens is 433 g/mol. The Morgan fingerprint density at radius 3 is 2.53 bits per heavy atom. The number of allylic oxidation sites excluding steroid dienone is 1. The van der Waals surface area contributed by atoms with Crippen molar-refractivity contribution < 1.29 is 29.1 Å². The predicted molar refractivity (Wildman–Crippen MR) is 126 cm³/mol. The number of phenolic OH excluding ortho intramolecular Hbond substituents is 1. The highest BCUT2D eigenvalue weighted by Crippen LogP contribution is 2.52. The maximum atomic E-state index is 13.4. The SMILES string of the molecule is CCCN1C(=O)[C@H]2[C@H](CC(COc3ccccc3)=C3B(O)O[C@H](c4ccccc4O)C[C@H]32)C1=O. The van der Waals surface area contributed by atoms with E-state index in [-0.39, 0.29) is 30.1 Å². The van der Waals surface area contributed by atoms with E-state index < -0.39 is 25.1 Å². The van der Waals surface area contributed by atoms with Crippen molar-refractivity contribution in [2.45, 2.75) is 32.3 Å². The van der Waals surface area contributed by atoms with Crippen LogP contribution in [-0.2, 0) is 14.2 Å². The molecule has 2 aliphatic heterocycles. The Balaban J connectivity index is 1.51. The summed E-state index contributed by atoms with van der Waals surface area (Å²) < 4.78 is 11.9. The van der Waals surface area contributed by atoms with Gasteiger partial charge in [0.2, 0.25) is 11.8 Å². The van der Waals surface area contributed by atoms with E-state index in [0.717, 1.165) is 5.57 Å². The first kappa shape index (κ1) is 22.7. The predicted octanol–water partition coefficient (Wildman–Crippen LogP) is 3.28. The van der Waals surface area contributed by atoms with Crippen LogP contribution in [0.3, 0.4) is 0 Å². The number of benzene rings is 2. The topological polar surface area (TPSA) is 96.3 Å². The summed E-state index contributed by atoms with van der Waals surface area (Å²) in [5.74, 6) is -0.943. The van der Waals surface area contributed by atoms with Gasteiger partial charge in [-0.2, -0.15) is 0 Å². The first-order valence-corrected chi connectivity index (χ1v) is 11.9. The monoisotopic (exact) mass is 461 g/mol. The smallest absolute Gasteiger partial charge is 0.487 e. The van der Waals surface area contributed by atoms with E-state index in [1.807, 2.05) is 37.3 Å². The van der Waals surface area contributed by atoms with Crippen molar-refractivity contribution in [3.63, 3.8) is 0 Å². The molecule has 176 valence electrons. The Hall–Kier alpha value is -3.10. The van der Waals surface area contributed by atoms with Crippen LogP contribution in [0.1, 0.15) is 37.9 Å². The maximum Gasteiger partial charge on any atom is 0.487 e. The molecule has 2 aromatic rings. The molecule has 2 amide bonds. The van der Waals surface area contributed by atoms with E-state index >= 15 is 0 Å². The number of phenols is 1. The van der Waals surface area contributed by atoms with Gasteiger partial charge in [0.15, 0.2) is 0 Å². The number of amides is 2. The Labute approximate surface area is 199 Å². The fourth-order valence-corrected chi connectivity index (χ4v) is 5.70. The molecule has 1 aliphatic carbocycles. The third-order valence-electron chi connectivity index (χ3n) is 7.19. The molecule has 2 N–H and O–H groups in total. The summed E-state index contributed by atoms with van der Waals surface area (Å²) in [6, 6.07) is 16.2. The van der Waals surface area contributed by atoms with Crippen LogP contribution in [0.5, 0.6) is 11.5 Å². The maximum absolute atomic E-state index is 13.4. The van der Waals surface area contributed by atoms with Gasteiger partial charge in [-0.05, 0) is 54.4 Å². The largest absolute Gasteiger partial charge is 0.508 e. The van der Waals surface area contributed by atoms with Gasteiger partial charge in [-0.3, -0.25) is 14.5 Å². The summed E-state index contributed by atoms with van der Waals surface area (Å²) in [4.78, 5) is 28.0. The second-order valence-electron chi connectivity index (χ2n) is 9.20. The number of imide groups is 1. The van der Waals surface area contributed by atoms with Crippen molar-refractivity contribution >= 4 is 18.9 Å². The van der Waals surface area contributed by atoms with Crippen molar-refractivity contribution in [1.82, 2.24) is 4.90 Å². The molecule has 0 aromatic heterocycles. The molecule has 7 nitrogen and oxygen atoms in total. The quantitative estimate of drug-likeness (QED) is 0.507. The normalized spacial score (nSPS) is 26.5. The van der Waals surface area contributed by atoms with Crippen LogP contribution in [0.25, 0.3) is 0 Å². The van der Waals surface area contributed by atoms with Gasteiger partial charge in [-0.25, -0.2) is 0 Å². The average Bonchev–Trinajstić information content (AvgIpc) is 3.08. The molecule has 0 bridgehead atoms. The lowest BCUT2D eigenvalue weighted by molar-refractivity contribution is -0.140. The van der Waals surface area contributed by atoms with E-state index in [4.69, 9.17) is 9.39 Å². The summed E-state index contributed by atoms with van der Waals surface area (Å²) in [6.07, 6.45) is 0.843. The number of carbonyl (C=O) groups excluding carboxylic acids is 2. The average molecular weight is 461 g/mol. The molecule has 34 heavy (non-hydrogen) atoms. The Bertz CT molecular complexity index is 1120. The van der Waals surface area contributed by atoms with Gasteiger partial charge in [0.25, 0.3) is 0 Å². The van der Waals surface area contributed by atoms with Gasteiger partial charge >= 0.3 is 7.12 Å². The zero-order valence-corrected chi connectivity index (χ0v) is 19.1. The van der Waals surface area contributed by atoms with Crippen molar-refractivity contribution in [3.05, 3.63) is 71.2 Å². The molecule has 0 unspecified atom stereocenters. The van der Waals surface area contributed by atoms with Crippen LogP contribution in [0, 0.1) is 17.8 Å². The van der Waals surface area contributed by atoms with Crippen molar-refractivity contribution in [3.8, 4) is 11.5 Å². The van der Waals surface area contributed by atoms with E-state index in [2.05, 4.69) is 0 Å². The van der Waals surface area contributed by atoms with Crippen LogP contribution in [0.15, 0.2) is 65.6 Å². The molecule has 2 aromatic carbocycles. The zero-order chi connectivity index (χ0) is 23.8. The fraction of sp³-hybridized carbons (Fsp3) is 0.385. The molecule has 2 saturated heterocycles. The Morgan fingerprint density at radius 2 is 1.79 bits per heavy atom. The van der Waals surface area contributed by atoms with Crippen LogP contribution >= 0.6 is 0 Å². The second kappa shape index (κ2) is 9.27. The van der Waals surface area contributed by atoms with E-state index in [1.54, 1.807) is 24.3 Å². The highest BCUT2D eigenvalue weighted by atomic mass is 16.5. The van der Waals surface area contributed by atoms with Crippen molar-refractivity contribution in [1.29, 1.82) is 0 Å². The number of likely N-dealkylation sites (tertiary alicyclic amines) is 1. The summed E-state index contributed by atoms with van der Waals surface area (Å²) >= 11 is 0. The lowest BCUT2D eigenvalue weighted by Crippen LogP contribution is -2.45. The van der Waals surface area contributed by atoms with Gasteiger partial charge in [0, 0.05) is 12.1 Å². The van der Waals surface area contributed by atoms with Crippen molar-refractivity contribution in [2.75, 3.05) is 13.2 Å². The molecule has 0 saturated carbocycles. The molecular formula is C26H28BNO6. The minimum absolute atomic E-state index is 0.0774. The lowest BCUT2D eigenvalue weighted by Gasteiger charge is -2.42. The molecule has 2 heterocycles. The minimum Gasteiger partial charge on any atom is -0.508 e. The Morgan fingerprint density at radius 1 is 1.06 bits per heavy atom. The molecule has 2 fully saturated rings. The number of ether oxygens (including phenoxy) is 1. The fourth-order valence-electron chi connectivity index (χ4n) is 5.70. The number of para-hydroxylation sites is 2. The minimum atomic E-state index is -1.25. The number of carbonyl (C=O) groups is 2. The third kappa shape index (κ3) is 3.91. The van der Waals surface area contributed by atoms with Gasteiger partial charge in [0.1, 0.15) is 18.1 Å². The second-order valence-corrected chi connectivity index (χ2v) is 9.20. The highest BCUT2D eigenvalue weighted by Gasteiger charge is 2.57. The first-order valence-electron chi connectivity index (χ1n) is 11.9.